The van der Waals surface area contributed by atoms with Gasteiger partial charge < -0.3 is 19.0 Å². The maximum atomic E-state index is 12.1. The van der Waals surface area contributed by atoms with Crippen molar-refractivity contribution in [1.29, 1.82) is 0 Å². The molecule has 0 fully saturated rings. The van der Waals surface area contributed by atoms with Crippen LogP contribution in [0.2, 0.25) is 0 Å². The third-order valence-corrected chi connectivity index (χ3v) is 4.40. The molecule has 1 aliphatic heterocycles. The van der Waals surface area contributed by atoms with Gasteiger partial charge in [-0.1, -0.05) is 24.3 Å². The highest BCUT2D eigenvalue weighted by Gasteiger charge is 2.14. The standard InChI is InChI=1S/C22H18N2O6/c25-21(12-14-5-7-19-20(11-14)29-10-9-28-19)24-23-13-15-6-8-18(30-15)16-3-1-2-4-17(16)22(26)27/h1-8,11,13H,9-10,12H2,(H,24,25)(H,26,27)/b23-13-. The Morgan fingerprint density at radius 1 is 1.03 bits per heavy atom. The van der Waals surface area contributed by atoms with Crippen molar-refractivity contribution in [1.82, 2.24) is 5.43 Å². The SMILES string of the molecule is O=C(Cc1ccc2c(c1)OCCO2)N/N=C\c1ccc(-c2ccccc2C(=O)O)o1. The molecule has 0 atom stereocenters. The predicted molar refractivity (Wildman–Crippen MR) is 108 cm³/mol. The molecule has 8 nitrogen and oxygen atoms in total. The number of benzene rings is 2. The number of fused-ring (bicyclic) bond motifs is 1. The molecule has 0 saturated heterocycles. The van der Waals surface area contributed by atoms with Gasteiger partial charge in [0.1, 0.15) is 24.7 Å². The second kappa shape index (κ2) is 8.52. The van der Waals surface area contributed by atoms with Gasteiger partial charge in [0, 0.05) is 5.56 Å². The zero-order valence-corrected chi connectivity index (χ0v) is 15.8. The number of hydrogen-bond acceptors (Lipinski definition) is 6. The molecule has 0 unspecified atom stereocenters. The molecule has 1 amide bonds. The molecule has 30 heavy (non-hydrogen) atoms. The molecule has 0 spiro atoms. The number of nitrogens with one attached hydrogen (secondary N) is 1. The topological polar surface area (TPSA) is 110 Å². The number of rotatable bonds is 6. The van der Waals surface area contributed by atoms with Gasteiger partial charge in [-0.25, -0.2) is 10.2 Å². The molecule has 152 valence electrons. The lowest BCUT2D eigenvalue weighted by atomic mass is 10.1. The van der Waals surface area contributed by atoms with Crippen molar-refractivity contribution < 1.29 is 28.6 Å². The molecule has 3 aromatic rings. The van der Waals surface area contributed by atoms with Crippen LogP contribution in [0.4, 0.5) is 0 Å². The zero-order valence-electron chi connectivity index (χ0n) is 15.8. The summed E-state index contributed by atoms with van der Waals surface area (Å²) >= 11 is 0. The Hall–Kier alpha value is -4.07. The third-order valence-electron chi connectivity index (χ3n) is 4.40. The van der Waals surface area contributed by atoms with Gasteiger partial charge >= 0.3 is 5.97 Å². The summed E-state index contributed by atoms with van der Waals surface area (Å²) in [6.45, 7) is 0.993. The van der Waals surface area contributed by atoms with Gasteiger partial charge in [-0.3, -0.25) is 4.79 Å². The average Bonchev–Trinajstić information content (AvgIpc) is 3.22. The van der Waals surface area contributed by atoms with Crippen LogP contribution < -0.4 is 14.9 Å². The number of hydrazone groups is 1. The van der Waals surface area contributed by atoms with Gasteiger partial charge in [-0.05, 0) is 35.9 Å². The van der Waals surface area contributed by atoms with Crippen LogP contribution in [0.5, 0.6) is 11.5 Å². The fraction of sp³-hybridized carbons (Fsp3) is 0.136. The minimum Gasteiger partial charge on any atom is -0.486 e. The van der Waals surface area contributed by atoms with Crippen molar-refractivity contribution in [3.63, 3.8) is 0 Å². The normalized spacial score (nSPS) is 12.7. The third kappa shape index (κ3) is 4.33. The predicted octanol–water partition coefficient (Wildman–Crippen LogP) is 3.11. The lowest BCUT2D eigenvalue weighted by molar-refractivity contribution is -0.120. The van der Waals surface area contributed by atoms with E-state index in [4.69, 9.17) is 13.9 Å². The monoisotopic (exact) mass is 406 g/mol. The quantitative estimate of drug-likeness (QED) is 0.481. The molecule has 1 aromatic heterocycles. The van der Waals surface area contributed by atoms with Crippen LogP contribution in [0.15, 0.2) is 64.1 Å². The maximum absolute atomic E-state index is 12.1. The van der Waals surface area contributed by atoms with Crippen molar-refractivity contribution in [2.45, 2.75) is 6.42 Å². The zero-order chi connectivity index (χ0) is 20.9. The van der Waals surface area contributed by atoms with E-state index in [-0.39, 0.29) is 17.9 Å². The largest absolute Gasteiger partial charge is 0.486 e. The molecule has 0 aliphatic carbocycles. The van der Waals surface area contributed by atoms with E-state index in [0.29, 0.717) is 41.8 Å². The molecule has 1 aliphatic rings. The number of carboxylic acid groups (broad SMARTS) is 1. The Balaban J connectivity index is 1.37. The summed E-state index contributed by atoms with van der Waals surface area (Å²) in [4.78, 5) is 23.5. The van der Waals surface area contributed by atoms with Crippen LogP contribution in [-0.2, 0) is 11.2 Å². The minimum absolute atomic E-state index is 0.128. The van der Waals surface area contributed by atoms with Gasteiger partial charge in [0.05, 0.1) is 18.2 Å². The number of hydrogen-bond donors (Lipinski definition) is 2. The summed E-state index contributed by atoms with van der Waals surface area (Å²) in [5, 5.41) is 13.2. The number of carbonyl (C=O) groups excluding carboxylic acids is 1. The average molecular weight is 406 g/mol. The van der Waals surface area contributed by atoms with E-state index >= 15 is 0 Å². The number of ether oxygens (including phenoxy) is 2. The number of furan rings is 1. The molecule has 2 aromatic carbocycles. The molecule has 4 rings (SSSR count). The molecule has 0 bridgehead atoms. The first-order chi connectivity index (χ1) is 14.6. The maximum Gasteiger partial charge on any atom is 0.336 e. The fourth-order valence-corrected chi connectivity index (χ4v) is 3.04. The smallest absolute Gasteiger partial charge is 0.336 e. The highest BCUT2D eigenvalue weighted by atomic mass is 16.6. The van der Waals surface area contributed by atoms with Crippen LogP contribution in [0.3, 0.4) is 0 Å². The molecule has 2 N–H and O–H groups in total. The lowest BCUT2D eigenvalue weighted by Crippen LogP contribution is -2.20. The molecule has 0 radical (unpaired) electrons. The number of amides is 1. The Morgan fingerprint density at radius 3 is 2.67 bits per heavy atom. The van der Waals surface area contributed by atoms with Gasteiger partial charge in [-0.2, -0.15) is 5.10 Å². The number of carboxylic acids is 1. The van der Waals surface area contributed by atoms with E-state index in [1.54, 1.807) is 48.5 Å². The summed E-state index contributed by atoms with van der Waals surface area (Å²) in [5.74, 6) is 0.734. The second-order valence-corrected chi connectivity index (χ2v) is 6.50. The van der Waals surface area contributed by atoms with Crippen molar-refractivity contribution in [2.24, 2.45) is 5.10 Å². The van der Waals surface area contributed by atoms with Crippen LogP contribution in [-0.4, -0.2) is 36.4 Å². The Morgan fingerprint density at radius 2 is 1.83 bits per heavy atom. The molecule has 2 heterocycles. The van der Waals surface area contributed by atoms with Crippen molar-refractivity contribution >= 4 is 18.1 Å². The van der Waals surface area contributed by atoms with E-state index < -0.39 is 5.97 Å². The minimum atomic E-state index is -1.04. The van der Waals surface area contributed by atoms with Gasteiger partial charge in [0.25, 0.3) is 0 Å². The highest BCUT2D eigenvalue weighted by molar-refractivity contribution is 5.95. The van der Waals surface area contributed by atoms with Crippen molar-refractivity contribution in [3.8, 4) is 22.8 Å². The summed E-state index contributed by atoms with van der Waals surface area (Å²) in [5.41, 5.74) is 3.82. The summed E-state index contributed by atoms with van der Waals surface area (Å²) in [6, 6.07) is 15.2. The molecular weight excluding hydrogens is 388 g/mol. The summed E-state index contributed by atoms with van der Waals surface area (Å²) < 4.78 is 16.6. The highest BCUT2D eigenvalue weighted by Crippen LogP contribution is 2.30. The number of nitrogens with zero attached hydrogens (tertiary/aromatic N) is 1. The fourth-order valence-electron chi connectivity index (χ4n) is 3.04. The van der Waals surface area contributed by atoms with Crippen molar-refractivity contribution in [2.75, 3.05) is 13.2 Å². The summed E-state index contributed by atoms with van der Waals surface area (Å²) in [7, 11) is 0. The van der Waals surface area contributed by atoms with E-state index in [1.165, 1.54) is 12.3 Å². The van der Waals surface area contributed by atoms with Crippen LogP contribution in [0.1, 0.15) is 21.7 Å². The number of carbonyl (C=O) groups is 2. The Bertz CT molecular complexity index is 1120. The second-order valence-electron chi connectivity index (χ2n) is 6.50. The van der Waals surface area contributed by atoms with Gasteiger partial charge in [0.15, 0.2) is 11.5 Å². The lowest BCUT2D eigenvalue weighted by Gasteiger charge is -2.18. The van der Waals surface area contributed by atoms with Crippen molar-refractivity contribution in [3.05, 3.63) is 71.5 Å². The van der Waals surface area contributed by atoms with Gasteiger partial charge in [0.2, 0.25) is 5.91 Å². The Labute approximate surface area is 171 Å². The van der Waals surface area contributed by atoms with E-state index in [1.807, 2.05) is 0 Å². The van der Waals surface area contributed by atoms with E-state index in [9.17, 15) is 14.7 Å². The van der Waals surface area contributed by atoms with Crippen LogP contribution >= 0.6 is 0 Å². The van der Waals surface area contributed by atoms with Crippen LogP contribution in [0, 0.1) is 0 Å². The first-order valence-electron chi connectivity index (χ1n) is 9.23. The first kappa shape index (κ1) is 19.3. The summed E-state index contributed by atoms with van der Waals surface area (Å²) in [6.07, 6.45) is 1.48. The number of aromatic carboxylic acids is 1. The van der Waals surface area contributed by atoms with Crippen LogP contribution in [0.25, 0.3) is 11.3 Å². The van der Waals surface area contributed by atoms with E-state index in [0.717, 1.165) is 5.56 Å². The molecule has 0 saturated carbocycles. The molecule has 8 heteroatoms. The van der Waals surface area contributed by atoms with Gasteiger partial charge in [-0.15, -0.1) is 0 Å². The molecular formula is C22H18N2O6. The van der Waals surface area contributed by atoms with E-state index in [2.05, 4.69) is 10.5 Å². The Kier molecular flexibility index (Phi) is 5.47. The first-order valence-corrected chi connectivity index (χ1v) is 9.23.